The molecule has 1 N–H and O–H groups in total. The van der Waals surface area contributed by atoms with Crippen molar-refractivity contribution >= 4 is 11.7 Å². The minimum atomic E-state index is -0.381. The minimum Gasteiger partial charge on any atom is -0.309 e. The normalized spacial score (nSPS) is 10.6. The lowest BCUT2D eigenvalue weighted by Gasteiger charge is -2.08. The average molecular weight is 324 g/mol. The zero-order chi connectivity index (χ0) is 17.1. The molecular weight excluding hydrogens is 308 g/mol. The molecule has 3 heterocycles. The van der Waals surface area contributed by atoms with E-state index >= 15 is 0 Å². The molecule has 0 aromatic carbocycles. The Labute approximate surface area is 137 Å². The van der Waals surface area contributed by atoms with E-state index in [1.54, 1.807) is 35.1 Å². The van der Waals surface area contributed by atoms with Gasteiger partial charge < -0.3 is 5.32 Å². The smallest absolute Gasteiger partial charge is 0.267 e. The van der Waals surface area contributed by atoms with Crippen LogP contribution in [-0.4, -0.2) is 30.5 Å². The first-order chi connectivity index (χ1) is 11.5. The van der Waals surface area contributed by atoms with Crippen LogP contribution in [0.3, 0.4) is 0 Å². The molecule has 0 atom stereocenters. The number of nitrogens with zero attached hydrogens (tertiary/aromatic N) is 5. The highest BCUT2D eigenvalue weighted by atomic mass is 16.2. The van der Waals surface area contributed by atoms with E-state index < -0.39 is 0 Å². The molecule has 0 unspecified atom stereocenters. The van der Waals surface area contributed by atoms with Gasteiger partial charge in [0, 0.05) is 18.0 Å². The highest BCUT2D eigenvalue weighted by molar-refractivity contribution is 5.89. The summed E-state index contributed by atoms with van der Waals surface area (Å²) in [5.74, 6) is 0.518. The number of hydrogen-bond donors (Lipinski definition) is 1. The van der Waals surface area contributed by atoms with Crippen molar-refractivity contribution in [2.75, 3.05) is 5.32 Å². The van der Waals surface area contributed by atoms with E-state index in [-0.39, 0.29) is 18.0 Å². The van der Waals surface area contributed by atoms with Crippen LogP contribution in [0.2, 0.25) is 0 Å². The Morgan fingerprint density at radius 3 is 2.67 bits per heavy atom. The zero-order valence-electron chi connectivity index (χ0n) is 13.3. The van der Waals surface area contributed by atoms with Gasteiger partial charge >= 0.3 is 0 Å². The molecule has 0 saturated carbocycles. The van der Waals surface area contributed by atoms with Gasteiger partial charge in [-0.15, -0.1) is 5.10 Å². The van der Waals surface area contributed by atoms with Crippen LogP contribution >= 0.6 is 0 Å². The molecule has 0 fully saturated rings. The molecule has 0 spiro atoms. The number of aryl methyl sites for hydroxylation is 2. The van der Waals surface area contributed by atoms with Crippen LogP contribution in [0.5, 0.6) is 0 Å². The maximum Gasteiger partial charge on any atom is 0.267 e. The minimum absolute atomic E-state index is 0.206. The highest BCUT2D eigenvalue weighted by Crippen LogP contribution is 2.08. The Morgan fingerprint density at radius 2 is 2.00 bits per heavy atom. The average Bonchev–Trinajstić information content (AvgIpc) is 2.89. The molecule has 0 aliphatic carbocycles. The van der Waals surface area contributed by atoms with Crippen molar-refractivity contribution in [2.45, 2.75) is 20.4 Å². The topological polar surface area (TPSA) is 94.7 Å². The summed E-state index contributed by atoms with van der Waals surface area (Å²) in [6.07, 6.45) is 1.57. The molecule has 122 valence electrons. The van der Waals surface area contributed by atoms with Crippen LogP contribution in [-0.2, 0) is 11.3 Å². The fourth-order valence-corrected chi connectivity index (χ4v) is 2.28. The third kappa shape index (κ3) is 3.37. The standard InChI is InChI=1S/C16H16N6O2/c1-11-9-12(2)22(19-11)14-6-7-16(24)21(20-14)10-15(23)18-13-5-3-4-8-17-13/h3-9H,10H2,1-2H3,(H,17,18,23). The molecule has 1 amide bonds. The molecular formula is C16H16N6O2. The van der Waals surface area contributed by atoms with E-state index in [1.165, 1.54) is 6.07 Å². The molecule has 0 saturated heterocycles. The molecule has 24 heavy (non-hydrogen) atoms. The monoisotopic (exact) mass is 324 g/mol. The number of hydrogen-bond acceptors (Lipinski definition) is 5. The van der Waals surface area contributed by atoms with Crippen molar-refractivity contribution in [1.82, 2.24) is 24.5 Å². The van der Waals surface area contributed by atoms with Gasteiger partial charge in [0.25, 0.3) is 5.56 Å². The van der Waals surface area contributed by atoms with Crippen LogP contribution in [0, 0.1) is 13.8 Å². The Hall–Kier alpha value is -3.29. The Balaban J connectivity index is 1.83. The molecule has 0 bridgehead atoms. The van der Waals surface area contributed by atoms with E-state index in [1.807, 2.05) is 19.9 Å². The molecule has 3 aromatic heterocycles. The van der Waals surface area contributed by atoms with Crippen LogP contribution < -0.4 is 10.9 Å². The SMILES string of the molecule is Cc1cc(C)n(-c2ccc(=O)n(CC(=O)Nc3ccccn3)n2)n1. The van der Waals surface area contributed by atoms with E-state index in [2.05, 4.69) is 20.5 Å². The van der Waals surface area contributed by atoms with Crippen molar-refractivity contribution in [3.8, 4) is 5.82 Å². The van der Waals surface area contributed by atoms with Gasteiger partial charge in [-0.2, -0.15) is 5.10 Å². The largest absolute Gasteiger partial charge is 0.309 e. The van der Waals surface area contributed by atoms with Gasteiger partial charge in [-0.1, -0.05) is 6.07 Å². The number of anilines is 1. The summed E-state index contributed by atoms with van der Waals surface area (Å²) in [4.78, 5) is 28.0. The lowest BCUT2D eigenvalue weighted by molar-refractivity contribution is -0.117. The van der Waals surface area contributed by atoms with Gasteiger partial charge in [0.05, 0.1) is 5.69 Å². The number of carbonyl (C=O) groups is 1. The number of amides is 1. The second-order valence-electron chi connectivity index (χ2n) is 5.29. The predicted molar refractivity (Wildman–Crippen MR) is 88.0 cm³/mol. The molecule has 3 rings (SSSR count). The summed E-state index contributed by atoms with van der Waals surface area (Å²) < 4.78 is 2.73. The van der Waals surface area contributed by atoms with E-state index in [4.69, 9.17) is 0 Å². The molecule has 3 aromatic rings. The van der Waals surface area contributed by atoms with Gasteiger partial charge in [0.1, 0.15) is 12.4 Å². The Morgan fingerprint density at radius 1 is 1.17 bits per heavy atom. The van der Waals surface area contributed by atoms with Crippen LogP contribution in [0.1, 0.15) is 11.4 Å². The first kappa shape index (κ1) is 15.6. The van der Waals surface area contributed by atoms with Crippen molar-refractivity contribution in [2.24, 2.45) is 0 Å². The van der Waals surface area contributed by atoms with Crippen molar-refractivity contribution in [3.63, 3.8) is 0 Å². The van der Waals surface area contributed by atoms with Gasteiger partial charge in [-0.25, -0.2) is 14.3 Å². The lowest BCUT2D eigenvalue weighted by Crippen LogP contribution is -2.30. The predicted octanol–water partition coefficient (Wildman–Crippen LogP) is 1.08. The third-order valence-corrected chi connectivity index (χ3v) is 3.30. The van der Waals surface area contributed by atoms with Crippen LogP contribution in [0.25, 0.3) is 5.82 Å². The quantitative estimate of drug-likeness (QED) is 0.775. The summed E-state index contributed by atoms with van der Waals surface area (Å²) in [6, 6.07) is 10.0. The van der Waals surface area contributed by atoms with Gasteiger partial charge in [0.2, 0.25) is 5.91 Å². The third-order valence-electron chi connectivity index (χ3n) is 3.30. The summed E-state index contributed by atoms with van der Waals surface area (Å²) in [7, 11) is 0. The van der Waals surface area contributed by atoms with E-state index in [0.717, 1.165) is 16.1 Å². The summed E-state index contributed by atoms with van der Waals surface area (Å²) in [5, 5.41) is 11.2. The number of nitrogens with one attached hydrogen (secondary N) is 1. The fourth-order valence-electron chi connectivity index (χ4n) is 2.28. The van der Waals surface area contributed by atoms with E-state index in [0.29, 0.717) is 11.6 Å². The molecule has 0 aliphatic heterocycles. The highest BCUT2D eigenvalue weighted by Gasteiger charge is 2.10. The molecule has 0 radical (unpaired) electrons. The Bertz CT molecular complexity index is 929. The van der Waals surface area contributed by atoms with Crippen molar-refractivity contribution in [3.05, 3.63) is 64.3 Å². The van der Waals surface area contributed by atoms with E-state index in [9.17, 15) is 9.59 Å². The lowest BCUT2D eigenvalue weighted by atomic mass is 10.4. The number of rotatable bonds is 4. The number of carbonyl (C=O) groups excluding carboxylic acids is 1. The van der Waals surface area contributed by atoms with Crippen LogP contribution in [0.4, 0.5) is 5.82 Å². The number of aromatic nitrogens is 5. The second kappa shape index (κ2) is 6.45. The van der Waals surface area contributed by atoms with Crippen LogP contribution in [0.15, 0.2) is 47.4 Å². The van der Waals surface area contributed by atoms with Gasteiger partial charge in [0.15, 0.2) is 5.82 Å². The molecule has 8 heteroatoms. The first-order valence-corrected chi connectivity index (χ1v) is 7.35. The van der Waals surface area contributed by atoms with Gasteiger partial charge in [-0.05, 0) is 38.1 Å². The second-order valence-corrected chi connectivity index (χ2v) is 5.29. The first-order valence-electron chi connectivity index (χ1n) is 7.35. The number of pyridine rings is 1. The van der Waals surface area contributed by atoms with Gasteiger partial charge in [-0.3, -0.25) is 9.59 Å². The maximum atomic E-state index is 12.1. The summed E-state index contributed by atoms with van der Waals surface area (Å²) in [5.41, 5.74) is 1.37. The van der Waals surface area contributed by atoms with Crippen molar-refractivity contribution < 1.29 is 4.79 Å². The maximum absolute atomic E-state index is 12.1. The fraction of sp³-hybridized carbons (Fsp3) is 0.188. The summed E-state index contributed by atoms with van der Waals surface area (Å²) >= 11 is 0. The Kier molecular flexibility index (Phi) is 4.19. The molecule has 0 aliphatic rings. The molecule has 8 nitrogen and oxygen atoms in total. The zero-order valence-corrected chi connectivity index (χ0v) is 13.3. The summed E-state index contributed by atoms with van der Waals surface area (Å²) in [6.45, 7) is 3.56. The van der Waals surface area contributed by atoms with Crippen molar-refractivity contribution in [1.29, 1.82) is 0 Å².